The van der Waals surface area contributed by atoms with Crippen LogP contribution in [0.2, 0.25) is 0 Å². The van der Waals surface area contributed by atoms with Gasteiger partial charge in [-0.1, -0.05) is 6.92 Å². The summed E-state index contributed by atoms with van der Waals surface area (Å²) in [6.07, 6.45) is 7.67. The molecule has 2 aliphatic rings. The molecule has 0 spiro atoms. The van der Waals surface area contributed by atoms with Crippen molar-refractivity contribution in [2.45, 2.75) is 57.9 Å². The van der Waals surface area contributed by atoms with Gasteiger partial charge in [-0.2, -0.15) is 0 Å². The molecule has 5 heteroatoms. The monoisotopic (exact) mass is 311 g/mol. The fraction of sp³-hybridized carbons (Fsp3) is 0.941. The van der Waals surface area contributed by atoms with Gasteiger partial charge in [-0.3, -0.25) is 0 Å². The van der Waals surface area contributed by atoms with E-state index in [4.69, 9.17) is 5.11 Å². The maximum absolute atomic E-state index is 11.9. The van der Waals surface area contributed by atoms with Gasteiger partial charge in [0, 0.05) is 19.2 Å². The molecule has 0 aromatic rings. The molecule has 3 N–H and O–H groups in total. The number of nitrogens with zero attached hydrogens (tertiary/aromatic N) is 1. The van der Waals surface area contributed by atoms with Crippen LogP contribution in [0.15, 0.2) is 0 Å². The molecule has 1 aliphatic heterocycles. The summed E-state index contributed by atoms with van der Waals surface area (Å²) in [7, 11) is 0. The van der Waals surface area contributed by atoms with Gasteiger partial charge in [-0.25, -0.2) is 4.79 Å². The highest BCUT2D eigenvalue weighted by Crippen LogP contribution is 2.23. The zero-order valence-electron chi connectivity index (χ0n) is 14.0. The van der Waals surface area contributed by atoms with E-state index in [0.29, 0.717) is 5.92 Å². The molecule has 0 atom stereocenters. The second kappa shape index (κ2) is 9.36. The fourth-order valence-electron chi connectivity index (χ4n) is 3.52. The second-order valence-corrected chi connectivity index (χ2v) is 7.18. The van der Waals surface area contributed by atoms with Crippen molar-refractivity contribution in [3.05, 3.63) is 0 Å². The third kappa shape index (κ3) is 6.13. The Kier molecular flexibility index (Phi) is 7.46. The lowest BCUT2D eigenvalue weighted by atomic mass is 9.87. The quantitative estimate of drug-likeness (QED) is 0.657. The number of aliphatic hydroxyl groups is 1. The molecule has 1 saturated carbocycles. The van der Waals surface area contributed by atoms with Crippen molar-refractivity contribution < 1.29 is 9.90 Å². The number of amides is 2. The van der Waals surface area contributed by atoms with E-state index in [-0.39, 0.29) is 18.7 Å². The first-order chi connectivity index (χ1) is 10.7. The third-order valence-corrected chi connectivity index (χ3v) is 5.25. The minimum absolute atomic E-state index is 0.0280. The fourth-order valence-corrected chi connectivity index (χ4v) is 3.52. The van der Waals surface area contributed by atoms with Gasteiger partial charge < -0.3 is 20.6 Å². The number of rotatable bonds is 6. The molecule has 5 nitrogen and oxygen atoms in total. The van der Waals surface area contributed by atoms with Gasteiger partial charge in [0.1, 0.15) is 0 Å². The van der Waals surface area contributed by atoms with Gasteiger partial charge in [0.15, 0.2) is 0 Å². The molecule has 0 radical (unpaired) electrons. The van der Waals surface area contributed by atoms with Crippen molar-refractivity contribution in [2.24, 2.45) is 11.8 Å². The van der Waals surface area contributed by atoms with Crippen LogP contribution >= 0.6 is 0 Å². The lowest BCUT2D eigenvalue weighted by Gasteiger charge is -2.30. The van der Waals surface area contributed by atoms with E-state index in [1.807, 2.05) is 0 Å². The molecule has 1 aliphatic carbocycles. The van der Waals surface area contributed by atoms with Crippen molar-refractivity contribution >= 4 is 6.03 Å². The molecule has 1 saturated heterocycles. The normalized spacial score (nSPS) is 27.5. The Morgan fingerprint density at radius 2 is 1.82 bits per heavy atom. The lowest BCUT2D eigenvalue weighted by molar-refractivity contribution is 0.174. The van der Waals surface area contributed by atoms with Crippen LogP contribution < -0.4 is 10.6 Å². The molecule has 0 bridgehead atoms. The van der Waals surface area contributed by atoms with Crippen LogP contribution in [0.4, 0.5) is 4.79 Å². The molecule has 128 valence electrons. The van der Waals surface area contributed by atoms with Crippen LogP contribution in [-0.2, 0) is 0 Å². The zero-order chi connectivity index (χ0) is 15.8. The first kappa shape index (κ1) is 17.5. The smallest absolute Gasteiger partial charge is 0.315 e. The molecular formula is C17H33N3O2. The van der Waals surface area contributed by atoms with E-state index in [1.54, 1.807) is 0 Å². The highest BCUT2D eigenvalue weighted by molar-refractivity contribution is 5.74. The topological polar surface area (TPSA) is 64.6 Å². The summed E-state index contributed by atoms with van der Waals surface area (Å²) in [5, 5.41) is 15.2. The Labute approximate surface area is 134 Å². The summed E-state index contributed by atoms with van der Waals surface area (Å²) < 4.78 is 0. The number of aliphatic hydroxyl groups excluding tert-OH is 1. The minimum atomic E-state index is -0.0280. The number of hydrogen-bond acceptors (Lipinski definition) is 3. The summed E-state index contributed by atoms with van der Waals surface area (Å²) in [5.74, 6) is 1.31. The molecule has 0 aromatic heterocycles. The summed E-state index contributed by atoms with van der Waals surface area (Å²) in [4.78, 5) is 14.4. The lowest BCUT2D eigenvalue weighted by Crippen LogP contribution is -2.44. The first-order valence-corrected chi connectivity index (χ1v) is 9.05. The minimum Gasteiger partial charge on any atom is -0.396 e. The largest absolute Gasteiger partial charge is 0.396 e. The first-order valence-electron chi connectivity index (χ1n) is 9.05. The number of carbonyl (C=O) groups is 1. The van der Waals surface area contributed by atoms with Crippen LogP contribution in [0, 0.1) is 11.8 Å². The van der Waals surface area contributed by atoms with E-state index in [1.165, 1.54) is 25.9 Å². The maximum Gasteiger partial charge on any atom is 0.315 e. The van der Waals surface area contributed by atoms with Crippen LogP contribution in [0.3, 0.4) is 0 Å². The summed E-state index contributed by atoms with van der Waals surface area (Å²) in [5.41, 5.74) is 0. The number of hydrogen-bond donors (Lipinski definition) is 3. The number of likely N-dealkylation sites (tertiary alicyclic amines) is 1. The summed E-state index contributed by atoms with van der Waals surface area (Å²) >= 11 is 0. The Morgan fingerprint density at radius 3 is 2.45 bits per heavy atom. The van der Waals surface area contributed by atoms with Crippen LogP contribution in [0.5, 0.6) is 0 Å². The van der Waals surface area contributed by atoms with Gasteiger partial charge in [-0.15, -0.1) is 0 Å². The average Bonchev–Trinajstić information content (AvgIpc) is 2.54. The van der Waals surface area contributed by atoms with E-state index in [2.05, 4.69) is 22.5 Å². The van der Waals surface area contributed by atoms with Crippen molar-refractivity contribution in [2.75, 3.05) is 32.8 Å². The van der Waals surface area contributed by atoms with Crippen molar-refractivity contribution in [3.8, 4) is 0 Å². The predicted molar refractivity (Wildman–Crippen MR) is 88.8 cm³/mol. The SMILES string of the molecule is CC1CCN(CCCNC(=O)NC2CCC(CO)CC2)CC1. The van der Waals surface area contributed by atoms with E-state index >= 15 is 0 Å². The highest BCUT2D eigenvalue weighted by Gasteiger charge is 2.21. The van der Waals surface area contributed by atoms with E-state index in [0.717, 1.165) is 51.1 Å². The number of urea groups is 1. The second-order valence-electron chi connectivity index (χ2n) is 7.18. The Bertz CT molecular complexity index is 322. The Balaban J connectivity index is 1.49. The summed E-state index contributed by atoms with van der Waals surface area (Å²) in [6.45, 7) is 6.88. The molecule has 2 amide bonds. The van der Waals surface area contributed by atoms with Gasteiger partial charge in [-0.05, 0) is 76.4 Å². The number of carbonyl (C=O) groups excluding carboxylic acids is 1. The molecule has 2 fully saturated rings. The van der Waals surface area contributed by atoms with Gasteiger partial charge in [0.25, 0.3) is 0 Å². The van der Waals surface area contributed by atoms with Crippen molar-refractivity contribution in [1.29, 1.82) is 0 Å². The predicted octanol–water partition coefficient (Wildman–Crippen LogP) is 1.96. The van der Waals surface area contributed by atoms with E-state index < -0.39 is 0 Å². The van der Waals surface area contributed by atoms with Crippen molar-refractivity contribution in [3.63, 3.8) is 0 Å². The number of piperidine rings is 1. The highest BCUT2D eigenvalue weighted by atomic mass is 16.3. The molecule has 22 heavy (non-hydrogen) atoms. The third-order valence-electron chi connectivity index (χ3n) is 5.25. The maximum atomic E-state index is 11.9. The Morgan fingerprint density at radius 1 is 1.14 bits per heavy atom. The molecule has 1 heterocycles. The van der Waals surface area contributed by atoms with Gasteiger partial charge in [0.2, 0.25) is 0 Å². The molecule has 0 aromatic carbocycles. The average molecular weight is 311 g/mol. The standard InChI is InChI=1S/C17H33N3O2/c1-14-7-11-20(12-8-14)10-2-9-18-17(22)19-16-5-3-15(13-21)4-6-16/h14-16,21H,2-13H2,1H3,(H2,18,19,22). The van der Waals surface area contributed by atoms with Crippen LogP contribution in [-0.4, -0.2) is 54.9 Å². The molecule has 2 rings (SSSR count). The van der Waals surface area contributed by atoms with Gasteiger partial charge in [0.05, 0.1) is 0 Å². The summed E-state index contributed by atoms with van der Waals surface area (Å²) in [6, 6.07) is 0.256. The van der Waals surface area contributed by atoms with Crippen LogP contribution in [0.1, 0.15) is 51.9 Å². The van der Waals surface area contributed by atoms with E-state index in [9.17, 15) is 4.79 Å². The Hall–Kier alpha value is -0.810. The number of nitrogens with one attached hydrogen (secondary N) is 2. The van der Waals surface area contributed by atoms with Crippen LogP contribution in [0.25, 0.3) is 0 Å². The molecular weight excluding hydrogens is 278 g/mol. The van der Waals surface area contributed by atoms with Gasteiger partial charge >= 0.3 is 6.03 Å². The van der Waals surface area contributed by atoms with Crippen molar-refractivity contribution in [1.82, 2.24) is 15.5 Å². The zero-order valence-corrected chi connectivity index (χ0v) is 14.0. The molecule has 0 unspecified atom stereocenters.